The molecule has 0 atom stereocenters. The van der Waals surface area contributed by atoms with Crippen molar-refractivity contribution in [2.24, 2.45) is 0 Å². The molecule has 0 spiro atoms. The zero-order valence-electron chi connectivity index (χ0n) is 9.38. The summed E-state index contributed by atoms with van der Waals surface area (Å²) in [6, 6.07) is 3.22. The summed E-state index contributed by atoms with van der Waals surface area (Å²) in [5.74, 6) is -2.37. The molecule has 2 rings (SSSR count). The van der Waals surface area contributed by atoms with Crippen LogP contribution in [0.25, 0.3) is 11.0 Å². The lowest BCUT2D eigenvalue weighted by atomic mass is 10.2. The average molecular weight is 252 g/mol. The summed E-state index contributed by atoms with van der Waals surface area (Å²) in [5, 5.41) is 21.4. The van der Waals surface area contributed by atoms with Gasteiger partial charge in [0, 0.05) is 12.1 Å². The van der Waals surface area contributed by atoms with Gasteiger partial charge in [-0.25, -0.2) is 14.2 Å². The van der Waals surface area contributed by atoms with Crippen LogP contribution in [-0.4, -0.2) is 22.7 Å². The summed E-state index contributed by atoms with van der Waals surface area (Å²) >= 11 is 0. The van der Waals surface area contributed by atoms with Crippen molar-refractivity contribution in [2.45, 2.75) is 6.92 Å². The Labute approximate surface area is 101 Å². The number of aromatic hydroxyl groups is 1. The Hall–Kier alpha value is -2.44. The number of carbonyl (C=O) groups excluding carboxylic acids is 1. The molecule has 1 heterocycles. The Morgan fingerprint density at radius 3 is 3.00 bits per heavy atom. The van der Waals surface area contributed by atoms with Crippen molar-refractivity contribution in [1.82, 2.24) is 4.98 Å². The van der Waals surface area contributed by atoms with Gasteiger partial charge in [-0.1, -0.05) is 0 Å². The highest BCUT2D eigenvalue weighted by atomic mass is 19.1. The molecule has 18 heavy (non-hydrogen) atoms. The molecule has 1 N–H and O–H groups in total. The molecule has 1 aromatic heterocycles. The predicted molar refractivity (Wildman–Crippen MR) is 58.3 cm³/mol. The number of halogens is 1. The van der Waals surface area contributed by atoms with Crippen LogP contribution in [-0.2, 0) is 4.74 Å². The third-order valence-electron chi connectivity index (χ3n) is 2.27. The molecule has 0 aliphatic heterocycles. The number of benzene rings is 1. The predicted octanol–water partition coefficient (Wildman–Crippen LogP) is 0.890. The van der Waals surface area contributed by atoms with Crippen LogP contribution < -0.4 is 4.73 Å². The van der Waals surface area contributed by atoms with Gasteiger partial charge in [0.15, 0.2) is 0 Å². The highest BCUT2D eigenvalue weighted by molar-refractivity contribution is 5.89. The van der Waals surface area contributed by atoms with Crippen molar-refractivity contribution >= 4 is 17.0 Å². The molecule has 0 saturated heterocycles. The van der Waals surface area contributed by atoms with Crippen LogP contribution in [0.15, 0.2) is 18.2 Å². The van der Waals surface area contributed by atoms with E-state index in [-0.39, 0.29) is 22.4 Å². The number of nitrogens with zero attached hydrogens (tertiary/aromatic N) is 2. The Bertz CT molecular complexity index is 630. The van der Waals surface area contributed by atoms with Crippen molar-refractivity contribution < 1.29 is 23.8 Å². The van der Waals surface area contributed by atoms with E-state index < -0.39 is 23.4 Å². The minimum atomic E-state index is -0.983. The molecule has 0 amide bonds. The molecule has 0 bridgehead atoms. The molecule has 2 aromatic rings. The molecule has 0 aliphatic carbocycles. The minimum Gasteiger partial charge on any atom is -0.617 e. The highest BCUT2D eigenvalue weighted by Crippen LogP contribution is 2.17. The summed E-state index contributed by atoms with van der Waals surface area (Å²) in [4.78, 5) is 15.1. The van der Waals surface area contributed by atoms with Crippen molar-refractivity contribution in [3.8, 4) is 5.88 Å². The van der Waals surface area contributed by atoms with Crippen molar-refractivity contribution in [3.63, 3.8) is 0 Å². The van der Waals surface area contributed by atoms with Crippen molar-refractivity contribution in [1.29, 1.82) is 0 Å². The second-order valence-electron chi connectivity index (χ2n) is 3.43. The number of rotatable bonds is 2. The first-order valence-electron chi connectivity index (χ1n) is 5.13. The SMILES string of the molecule is CCOC(=O)c1c(O)nc2cc(F)ccc2[n+]1[O-]. The number of hydrogen-bond acceptors (Lipinski definition) is 5. The number of fused-ring (bicyclic) bond motifs is 1. The van der Waals surface area contributed by atoms with Gasteiger partial charge in [-0.2, -0.15) is 4.73 Å². The Morgan fingerprint density at radius 1 is 1.61 bits per heavy atom. The van der Waals surface area contributed by atoms with E-state index in [0.29, 0.717) is 0 Å². The van der Waals surface area contributed by atoms with Crippen molar-refractivity contribution in [3.05, 3.63) is 34.9 Å². The van der Waals surface area contributed by atoms with E-state index in [4.69, 9.17) is 0 Å². The van der Waals surface area contributed by atoms with Gasteiger partial charge in [-0.05, 0) is 13.0 Å². The van der Waals surface area contributed by atoms with Crippen LogP contribution in [0.4, 0.5) is 4.39 Å². The molecule has 94 valence electrons. The zero-order valence-corrected chi connectivity index (χ0v) is 9.38. The fraction of sp³-hybridized carbons (Fsp3) is 0.182. The quantitative estimate of drug-likeness (QED) is 0.487. The Balaban J connectivity index is 2.69. The lowest BCUT2D eigenvalue weighted by Gasteiger charge is -2.07. The van der Waals surface area contributed by atoms with E-state index in [9.17, 15) is 19.5 Å². The first kappa shape index (κ1) is 12.0. The Kier molecular flexibility index (Phi) is 2.97. The normalized spacial score (nSPS) is 10.6. The summed E-state index contributed by atoms with van der Waals surface area (Å²) in [6.45, 7) is 1.62. The molecule has 1 aromatic carbocycles. The van der Waals surface area contributed by atoms with Gasteiger partial charge in [0.05, 0.1) is 6.61 Å². The second kappa shape index (κ2) is 4.44. The van der Waals surface area contributed by atoms with E-state index in [2.05, 4.69) is 9.72 Å². The van der Waals surface area contributed by atoms with Crippen LogP contribution in [0.2, 0.25) is 0 Å². The van der Waals surface area contributed by atoms with E-state index >= 15 is 0 Å². The number of ether oxygens (including phenoxy) is 1. The maximum absolute atomic E-state index is 13.0. The summed E-state index contributed by atoms with van der Waals surface area (Å²) in [5.41, 5.74) is -0.691. The average Bonchev–Trinajstić information content (AvgIpc) is 2.28. The standard InChI is InChI=1S/C11H9FN2O4/c1-2-18-11(16)9-10(15)13-7-5-6(12)3-4-8(7)14(9)17/h3-5H,2H2,1H3,(H,13,15). The van der Waals surface area contributed by atoms with Gasteiger partial charge in [-0.15, -0.1) is 0 Å². The lowest BCUT2D eigenvalue weighted by molar-refractivity contribution is -0.581. The van der Waals surface area contributed by atoms with Gasteiger partial charge in [-0.3, -0.25) is 0 Å². The molecule has 7 heteroatoms. The maximum atomic E-state index is 13.0. The first-order chi connectivity index (χ1) is 8.54. The maximum Gasteiger partial charge on any atom is 0.411 e. The molecule has 0 aliphatic rings. The van der Waals surface area contributed by atoms with Crippen LogP contribution >= 0.6 is 0 Å². The van der Waals surface area contributed by atoms with Crippen LogP contribution in [0.5, 0.6) is 5.88 Å². The molecule has 6 nitrogen and oxygen atoms in total. The number of aromatic nitrogens is 2. The second-order valence-corrected chi connectivity index (χ2v) is 3.43. The fourth-order valence-electron chi connectivity index (χ4n) is 1.51. The first-order valence-corrected chi connectivity index (χ1v) is 5.13. The Morgan fingerprint density at radius 2 is 2.33 bits per heavy atom. The minimum absolute atomic E-state index is 0.0303. The highest BCUT2D eigenvalue weighted by Gasteiger charge is 2.27. The van der Waals surface area contributed by atoms with Gasteiger partial charge in [0.1, 0.15) is 11.3 Å². The van der Waals surface area contributed by atoms with E-state index in [1.165, 1.54) is 6.07 Å². The summed E-state index contributed by atoms with van der Waals surface area (Å²) in [6.07, 6.45) is 0. The third-order valence-corrected chi connectivity index (χ3v) is 2.27. The van der Waals surface area contributed by atoms with Crippen LogP contribution in [0.3, 0.4) is 0 Å². The third kappa shape index (κ3) is 1.90. The molecular weight excluding hydrogens is 243 g/mol. The number of esters is 1. The van der Waals surface area contributed by atoms with Gasteiger partial charge < -0.3 is 15.1 Å². The van der Waals surface area contributed by atoms with E-state index in [1.54, 1.807) is 6.92 Å². The fourth-order valence-corrected chi connectivity index (χ4v) is 1.51. The molecule has 0 saturated carbocycles. The topological polar surface area (TPSA) is 86.4 Å². The smallest absolute Gasteiger partial charge is 0.411 e. The van der Waals surface area contributed by atoms with Crippen LogP contribution in [0, 0.1) is 11.0 Å². The molecule has 0 unspecified atom stereocenters. The molecular formula is C11H9FN2O4. The largest absolute Gasteiger partial charge is 0.617 e. The van der Waals surface area contributed by atoms with Crippen molar-refractivity contribution in [2.75, 3.05) is 6.61 Å². The summed E-state index contributed by atoms with van der Waals surface area (Å²) in [7, 11) is 0. The van der Waals surface area contributed by atoms with Gasteiger partial charge in [0.25, 0.3) is 5.88 Å². The number of carbonyl (C=O) groups is 1. The van der Waals surface area contributed by atoms with E-state index in [1.807, 2.05) is 0 Å². The molecule has 0 radical (unpaired) electrons. The van der Waals surface area contributed by atoms with Crippen LogP contribution in [0.1, 0.15) is 17.4 Å². The van der Waals surface area contributed by atoms with E-state index in [0.717, 1.165) is 12.1 Å². The summed E-state index contributed by atoms with van der Waals surface area (Å²) < 4.78 is 17.8. The molecule has 0 fully saturated rings. The number of hydrogen-bond donors (Lipinski definition) is 1. The van der Waals surface area contributed by atoms with Gasteiger partial charge >= 0.3 is 11.7 Å². The lowest BCUT2D eigenvalue weighted by Crippen LogP contribution is -2.36. The van der Waals surface area contributed by atoms with Gasteiger partial charge in [0.2, 0.25) is 5.52 Å². The zero-order chi connectivity index (χ0) is 13.3. The monoisotopic (exact) mass is 252 g/mol.